The molecule has 0 bridgehead atoms. The van der Waals surface area contributed by atoms with Crippen LogP contribution in [0.2, 0.25) is 0 Å². The third kappa shape index (κ3) is 0.908. The van der Waals surface area contributed by atoms with E-state index >= 15 is 0 Å². The summed E-state index contributed by atoms with van der Waals surface area (Å²) >= 11 is 5.82. The Morgan fingerprint density at radius 1 is 1.60 bits per heavy atom. The fourth-order valence-corrected chi connectivity index (χ4v) is 1.62. The Morgan fingerprint density at radius 3 is 2.10 bits per heavy atom. The van der Waals surface area contributed by atoms with E-state index < -0.39 is 0 Å². The van der Waals surface area contributed by atoms with Crippen LogP contribution >= 0.6 is 11.6 Å². The predicted octanol–water partition coefficient (Wildman–Crippen LogP) is 1.42. The van der Waals surface area contributed by atoms with Crippen molar-refractivity contribution in [2.24, 2.45) is 11.3 Å². The lowest BCUT2D eigenvalue weighted by Gasteiger charge is -1.98. The molecule has 3 heteroatoms. The van der Waals surface area contributed by atoms with Crippen LogP contribution in [0.4, 0.5) is 0 Å². The van der Waals surface area contributed by atoms with Crippen molar-refractivity contribution in [3.05, 3.63) is 0 Å². The highest BCUT2D eigenvalue weighted by molar-refractivity contribution is 6.25. The SMILES string of the molecule is COC(=O)C1C(Cl)C1(C)C. The van der Waals surface area contributed by atoms with Gasteiger partial charge in [0, 0.05) is 0 Å². The van der Waals surface area contributed by atoms with Gasteiger partial charge in [0.25, 0.3) is 0 Å². The summed E-state index contributed by atoms with van der Waals surface area (Å²) in [4.78, 5) is 10.9. The van der Waals surface area contributed by atoms with Gasteiger partial charge >= 0.3 is 5.97 Å². The molecule has 2 nitrogen and oxygen atoms in total. The second-order valence-electron chi connectivity index (χ2n) is 3.22. The van der Waals surface area contributed by atoms with E-state index in [-0.39, 0.29) is 22.7 Å². The van der Waals surface area contributed by atoms with Crippen molar-refractivity contribution in [1.82, 2.24) is 0 Å². The maximum atomic E-state index is 10.9. The van der Waals surface area contributed by atoms with Gasteiger partial charge in [0.1, 0.15) is 0 Å². The lowest BCUT2D eigenvalue weighted by molar-refractivity contribution is -0.142. The standard InChI is InChI=1S/C7H11ClO2/c1-7(2)4(5(7)8)6(9)10-3/h4-5H,1-3H3. The van der Waals surface area contributed by atoms with E-state index in [0.717, 1.165) is 0 Å². The second kappa shape index (κ2) is 2.12. The molecular formula is C7H11ClO2. The van der Waals surface area contributed by atoms with E-state index in [1.807, 2.05) is 13.8 Å². The van der Waals surface area contributed by atoms with Gasteiger partial charge < -0.3 is 4.74 Å². The molecule has 1 saturated carbocycles. The molecule has 0 aromatic carbocycles. The summed E-state index contributed by atoms with van der Waals surface area (Å²) in [6.07, 6.45) is 0. The summed E-state index contributed by atoms with van der Waals surface area (Å²) in [5, 5.41) is -0.0417. The van der Waals surface area contributed by atoms with Crippen LogP contribution in [0.25, 0.3) is 0 Å². The average Bonchev–Trinajstić information content (AvgIpc) is 2.33. The largest absolute Gasteiger partial charge is 0.469 e. The highest BCUT2D eigenvalue weighted by atomic mass is 35.5. The van der Waals surface area contributed by atoms with Crippen LogP contribution in [0.15, 0.2) is 0 Å². The summed E-state index contributed by atoms with van der Waals surface area (Å²) < 4.78 is 4.56. The van der Waals surface area contributed by atoms with E-state index in [1.54, 1.807) is 0 Å². The van der Waals surface area contributed by atoms with Crippen molar-refractivity contribution < 1.29 is 9.53 Å². The maximum Gasteiger partial charge on any atom is 0.310 e. The molecule has 0 heterocycles. The number of halogens is 1. The Hall–Kier alpha value is -0.240. The van der Waals surface area contributed by atoms with Gasteiger partial charge in [0.2, 0.25) is 0 Å². The number of ether oxygens (including phenoxy) is 1. The van der Waals surface area contributed by atoms with E-state index in [1.165, 1.54) is 7.11 Å². The molecule has 0 saturated heterocycles. The number of hydrogen-bond donors (Lipinski definition) is 0. The van der Waals surface area contributed by atoms with Gasteiger partial charge in [-0.3, -0.25) is 4.79 Å². The van der Waals surface area contributed by atoms with Crippen molar-refractivity contribution in [3.8, 4) is 0 Å². The summed E-state index contributed by atoms with van der Waals surface area (Å²) in [5.74, 6) is -0.288. The molecular weight excluding hydrogens is 152 g/mol. The minimum absolute atomic E-state index is 0.0417. The van der Waals surface area contributed by atoms with Crippen LogP contribution in [-0.2, 0) is 9.53 Å². The molecule has 0 aliphatic heterocycles. The molecule has 2 atom stereocenters. The Labute approximate surface area is 65.5 Å². The Kier molecular flexibility index (Phi) is 1.67. The lowest BCUT2D eigenvalue weighted by atomic mass is 10.1. The van der Waals surface area contributed by atoms with Gasteiger partial charge in [-0.05, 0) is 5.41 Å². The highest BCUT2D eigenvalue weighted by Gasteiger charge is 2.61. The van der Waals surface area contributed by atoms with Crippen molar-refractivity contribution in [2.75, 3.05) is 7.11 Å². The summed E-state index contributed by atoms with van der Waals surface area (Å²) in [6.45, 7) is 3.93. The zero-order valence-electron chi connectivity index (χ0n) is 6.35. The van der Waals surface area contributed by atoms with Gasteiger partial charge in [-0.15, -0.1) is 11.6 Å². The monoisotopic (exact) mass is 162 g/mol. The molecule has 0 aromatic rings. The number of rotatable bonds is 1. The lowest BCUT2D eigenvalue weighted by Crippen LogP contribution is -2.07. The van der Waals surface area contributed by atoms with Gasteiger partial charge in [0.15, 0.2) is 0 Å². The normalized spacial score (nSPS) is 35.2. The van der Waals surface area contributed by atoms with Crippen LogP contribution in [0.3, 0.4) is 0 Å². The fourth-order valence-electron chi connectivity index (χ4n) is 1.13. The molecule has 10 heavy (non-hydrogen) atoms. The van der Waals surface area contributed by atoms with Crippen molar-refractivity contribution in [2.45, 2.75) is 19.2 Å². The molecule has 1 fully saturated rings. The summed E-state index contributed by atoms with van der Waals surface area (Å²) in [7, 11) is 1.39. The molecule has 1 aliphatic rings. The van der Waals surface area contributed by atoms with Gasteiger partial charge in [-0.1, -0.05) is 13.8 Å². The maximum absolute atomic E-state index is 10.9. The van der Waals surface area contributed by atoms with E-state index in [2.05, 4.69) is 4.74 Å². The van der Waals surface area contributed by atoms with Crippen molar-refractivity contribution in [1.29, 1.82) is 0 Å². The molecule has 1 rings (SSSR count). The number of esters is 1. The first-order valence-corrected chi connectivity index (χ1v) is 3.67. The van der Waals surface area contributed by atoms with Crippen molar-refractivity contribution in [3.63, 3.8) is 0 Å². The topological polar surface area (TPSA) is 26.3 Å². The van der Waals surface area contributed by atoms with Crippen LogP contribution in [0.1, 0.15) is 13.8 Å². The number of carbonyl (C=O) groups excluding carboxylic acids is 1. The summed E-state index contributed by atoms with van der Waals surface area (Å²) in [6, 6.07) is 0. The second-order valence-corrected chi connectivity index (χ2v) is 3.69. The molecule has 0 amide bonds. The minimum Gasteiger partial charge on any atom is -0.469 e. The molecule has 0 aromatic heterocycles. The third-order valence-corrected chi connectivity index (χ3v) is 2.97. The first kappa shape index (κ1) is 7.86. The van der Waals surface area contributed by atoms with E-state index in [4.69, 9.17) is 11.6 Å². The van der Waals surface area contributed by atoms with Crippen molar-refractivity contribution >= 4 is 17.6 Å². The molecule has 0 N–H and O–H groups in total. The van der Waals surface area contributed by atoms with Crippen LogP contribution in [-0.4, -0.2) is 18.5 Å². The van der Waals surface area contributed by atoms with E-state index in [9.17, 15) is 4.79 Å². The number of carbonyl (C=O) groups is 1. The van der Waals surface area contributed by atoms with Crippen LogP contribution in [0, 0.1) is 11.3 Å². The van der Waals surface area contributed by atoms with Crippen LogP contribution < -0.4 is 0 Å². The van der Waals surface area contributed by atoms with Crippen LogP contribution in [0.5, 0.6) is 0 Å². The molecule has 1 aliphatic carbocycles. The quantitative estimate of drug-likeness (QED) is 0.431. The average molecular weight is 163 g/mol. The Morgan fingerprint density at radius 2 is 2.00 bits per heavy atom. The molecule has 0 spiro atoms. The van der Waals surface area contributed by atoms with Gasteiger partial charge in [-0.25, -0.2) is 0 Å². The third-order valence-electron chi connectivity index (χ3n) is 2.15. The Balaban J connectivity index is 2.57. The predicted molar refractivity (Wildman–Crippen MR) is 38.9 cm³/mol. The zero-order chi connectivity index (χ0) is 7.94. The van der Waals surface area contributed by atoms with E-state index in [0.29, 0.717) is 0 Å². The number of methoxy groups -OCH3 is 1. The van der Waals surface area contributed by atoms with Gasteiger partial charge in [0.05, 0.1) is 18.4 Å². The molecule has 58 valence electrons. The number of hydrogen-bond acceptors (Lipinski definition) is 2. The molecule has 0 radical (unpaired) electrons. The molecule has 2 unspecified atom stereocenters. The zero-order valence-corrected chi connectivity index (χ0v) is 7.11. The number of alkyl halides is 1. The Bertz CT molecular complexity index is 165. The minimum atomic E-state index is -0.190. The summed E-state index contributed by atoms with van der Waals surface area (Å²) in [5.41, 5.74) is -0.0609. The highest BCUT2D eigenvalue weighted by Crippen LogP contribution is 2.56. The smallest absolute Gasteiger partial charge is 0.310 e. The van der Waals surface area contributed by atoms with Gasteiger partial charge in [-0.2, -0.15) is 0 Å². The first-order valence-electron chi connectivity index (χ1n) is 3.23. The first-order chi connectivity index (χ1) is 4.51. The fraction of sp³-hybridized carbons (Fsp3) is 0.857.